The van der Waals surface area contributed by atoms with Gasteiger partial charge in [-0.05, 0) is 36.2 Å². The highest BCUT2D eigenvalue weighted by atomic mass is 16.2. The van der Waals surface area contributed by atoms with Crippen LogP contribution in [0.5, 0.6) is 0 Å². The third-order valence-electron chi connectivity index (χ3n) is 7.34. The van der Waals surface area contributed by atoms with Gasteiger partial charge in [-0.25, -0.2) is 4.79 Å². The molecule has 2 heterocycles. The molecule has 1 spiro atoms. The van der Waals surface area contributed by atoms with E-state index in [9.17, 15) is 19.2 Å². The van der Waals surface area contributed by atoms with Crippen molar-refractivity contribution in [3.05, 3.63) is 35.9 Å². The highest BCUT2D eigenvalue weighted by Crippen LogP contribution is 2.46. The minimum atomic E-state index is -0.898. The van der Waals surface area contributed by atoms with E-state index in [2.05, 4.69) is 31.4 Å². The van der Waals surface area contributed by atoms with Crippen LogP contribution in [-0.4, -0.2) is 83.3 Å². The van der Waals surface area contributed by atoms with Gasteiger partial charge in [0.2, 0.25) is 11.8 Å². The van der Waals surface area contributed by atoms with Crippen molar-refractivity contribution in [3.63, 3.8) is 0 Å². The van der Waals surface area contributed by atoms with Crippen molar-refractivity contribution in [3.8, 4) is 0 Å². The lowest BCUT2D eigenvalue weighted by Crippen LogP contribution is -2.55. The third kappa shape index (κ3) is 5.83. The minimum Gasteiger partial charge on any atom is -0.351 e. The maximum absolute atomic E-state index is 13.3. The molecule has 0 aromatic heterocycles. The molecule has 0 radical (unpaired) electrons. The van der Waals surface area contributed by atoms with Crippen molar-refractivity contribution in [2.24, 2.45) is 11.3 Å². The fourth-order valence-corrected chi connectivity index (χ4v) is 6.10. The first-order valence-corrected chi connectivity index (χ1v) is 12.5. The zero-order valence-electron chi connectivity index (χ0n) is 21.0. The largest absolute Gasteiger partial charge is 0.351 e. The Morgan fingerprint density at radius 1 is 1.03 bits per heavy atom. The lowest BCUT2D eigenvalue weighted by Gasteiger charge is -2.43. The summed E-state index contributed by atoms with van der Waals surface area (Å²) in [4.78, 5) is 56.0. The standard InChI is InChI=1S/C26H37N5O4/c1-19-13-25(2,3)18-26(14-19)23(34)31(24(35)28-26)17-22(33)30-11-9-29(10-12-30)16-21(32)27-15-20-7-5-4-6-8-20/h4-8,19H,9-18H2,1-3H3,(H,27,32)(H,28,35). The van der Waals surface area contributed by atoms with Gasteiger partial charge in [-0.15, -0.1) is 0 Å². The first kappa shape index (κ1) is 25.2. The molecule has 190 valence electrons. The number of rotatable bonds is 6. The zero-order chi connectivity index (χ0) is 25.2. The summed E-state index contributed by atoms with van der Waals surface area (Å²) in [5, 5.41) is 5.86. The fourth-order valence-electron chi connectivity index (χ4n) is 6.10. The number of imide groups is 1. The van der Waals surface area contributed by atoms with Gasteiger partial charge in [0.1, 0.15) is 12.1 Å². The Morgan fingerprint density at radius 2 is 1.71 bits per heavy atom. The number of carbonyl (C=O) groups is 4. The van der Waals surface area contributed by atoms with Crippen molar-refractivity contribution < 1.29 is 19.2 Å². The van der Waals surface area contributed by atoms with E-state index < -0.39 is 11.6 Å². The summed E-state index contributed by atoms with van der Waals surface area (Å²) >= 11 is 0. The van der Waals surface area contributed by atoms with Gasteiger partial charge in [0.15, 0.2) is 0 Å². The lowest BCUT2D eigenvalue weighted by molar-refractivity contribution is -0.141. The van der Waals surface area contributed by atoms with E-state index in [1.165, 1.54) is 0 Å². The minimum absolute atomic E-state index is 0.0512. The van der Waals surface area contributed by atoms with Crippen LogP contribution in [0.1, 0.15) is 45.6 Å². The topological polar surface area (TPSA) is 102 Å². The fraction of sp³-hybridized carbons (Fsp3) is 0.615. The van der Waals surface area contributed by atoms with Crippen molar-refractivity contribution in [1.82, 2.24) is 25.3 Å². The maximum Gasteiger partial charge on any atom is 0.325 e. The summed E-state index contributed by atoms with van der Waals surface area (Å²) in [6.45, 7) is 8.95. The SMILES string of the molecule is CC1CC(C)(C)CC2(C1)NC(=O)N(CC(=O)N1CCN(CC(=O)NCc3ccccc3)CC1)C2=O. The number of urea groups is 1. The molecular weight excluding hydrogens is 446 g/mol. The molecule has 0 bridgehead atoms. The van der Waals surface area contributed by atoms with Gasteiger partial charge in [0.25, 0.3) is 5.91 Å². The van der Waals surface area contributed by atoms with Crippen LogP contribution in [0.2, 0.25) is 0 Å². The molecule has 2 N–H and O–H groups in total. The van der Waals surface area contributed by atoms with Crippen molar-refractivity contribution in [1.29, 1.82) is 0 Å². The summed E-state index contributed by atoms with van der Waals surface area (Å²) in [5.74, 6) is -0.245. The first-order valence-electron chi connectivity index (χ1n) is 12.5. The second-order valence-corrected chi connectivity index (χ2v) is 11.2. The van der Waals surface area contributed by atoms with Crippen LogP contribution in [0.15, 0.2) is 30.3 Å². The predicted molar refractivity (Wildman–Crippen MR) is 131 cm³/mol. The van der Waals surface area contributed by atoms with Crippen molar-refractivity contribution in [2.75, 3.05) is 39.3 Å². The Labute approximate surface area is 207 Å². The van der Waals surface area contributed by atoms with Gasteiger partial charge in [0.05, 0.1) is 6.54 Å². The lowest BCUT2D eigenvalue weighted by atomic mass is 9.64. The summed E-state index contributed by atoms with van der Waals surface area (Å²) in [6.07, 6.45) is 2.20. The molecule has 1 aromatic carbocycles. The predicted octanol–water partition coefficient (Wildman–Crippen LogP) is 1.58. The third-order valence-corrected chi connectivity index (χ3v) is 7.34. The summed E-state index contributed by atoms with van der Waals surface area (Å²) in [5.41, 5.74) is 0.0964. The molecular formula is C26H37N5O4. The normalized spacial score (nSPS) is 26.7. The molecule has 4 rings (SSSR count). The smallest absolute Gasteiger partial charge is 0.325 e. The maximum atomic E-state index is 13.3. The Hall–Kier alpha value is -2.94. The zero-order valence-corrected chi connectivity index (χ0v) is 21.0. The molecule has 2 aliphatic heterocycles. The average Bonchev–Trinajstić information content (AvgIpc) is 3.00. The molecule has 1 aliphatic carbocycles. The molecule has 2 saturated heterocycles. The molecule has 2 unspecified atom stereocenters. The highest BCUT2D eigenvalue weighted by Gasteiger charge is 2.56. The van der Waals surface area contributed by atoms with Crippen LogP contribution < -0.4 is 10.6 Å². The second kappa shape index (κ2) is 9.97. The highest BCUT2D eigenvalue weighted by molar-refractivity contribution is 6.09. The molecule has 1 saturated carbocycles. The summed E-state index contributed by atoms with van der Waals surface area (Å²) in [7, 11) is 0. The Bertz CT molecular complexity index is 973. The number of piperazine rings is 1. The molecule has 3 fully saturated rings. The van der Waals surface area contributed by atoms with Crippen LogP contribution in [0, 0.1) is 11.3 Å². The molecule has 1 aromatic rings. The van der Waals surface area contributed by atoms with Gasteiger partial charge in [-0.3, -0.25) is 24.2 Å². The van der Waals surface area contributed by atoms with E-state index in [1.807, 2.05) is 35.2 Å². The number of carbonyl (C=O) groups excluding carboxylic acids is 4. The van der Waals surface area contributed by atoms with E-state index in [0.29, 0.717) is 51.5 Å². The van der Waals surface area contributed by atoms with Crippen LogP contribution in [0.25, 0.3) is 0 Å². The number of nitrogens with zero attached hydrogens (tertiary/aromatic N) is 3. The van der Waals surface area contributed by atoms with Gasteiger partial charge >= 0.3 is 6.03 Å². The number of nitrogens with one attached hydrogen (secondary N) is 2. The molecule has 2 atom stereocenters. The monoisotopic (exact) mass is 483 g/mol. The van der Waals surface area contributed by atoms with E-state index in [-0.39, 0.29) is 36.2 Å². The number of hydrogen-bond donors (Lipinski definition) is 2. The van der Waals surface area contributed by atoms with Gasteiger partial charge in [-0.2, -0.15) is 0 Å². The Morgan fingerprint density at radius 3 is 2.37 bits per heavy atom. The number of amides is 5. The average molecular weight is 484 g/mol. The van der Waals surface area contributed by atoms with E-state index in [0.717, 1.165) is 16.9 Å². The molecule has 35 heavy (non-hydrogen) atoms. The first-order chi connectivity index (χ1) is 16.6. The molecule has 5 amide bonds. The van der Waals surface area contributed by atoms with E-state index >= 15 is 0 Å². The molecule has 9 heteroatoms. The van der Waals surface area contributed by atoms with Crippen LogP contribution in [0.3, 0.4) is 0 Å². The van der Waals surface area contributed by atoms with Crippen LogP contribution in [-0.2, 0) is 20.9 Å². The van der Waals surface area contributed by atoms with E-state index in [1.54, 1.807) is 4.90 Å². The Balaban J connectivity index is 1.25. The quantitative estimate of drug-likeness (QED) is 0.599. The summed E-state index contributed by atoms with van der Waals surface area (Å²) < 4.78 is 0. The van der Waals surface area contributed by atoms with Gasteiger partial charge in [0, 0.05) is 32.7 Å². The number of benzene rings is 1. The second-order valence-electron chi connectivity index (χ2n) is 11.2. The number of hydrogen-bond acceptors (Lipinski definition) is 5. The van der Waals surface area contributed by atoms with Crippen LogP contribution in [0.4, 0.5) is 4.79 Å². The van der Waals surface area contributed by atoms with Crippen molar-refractivity contribution in [2.45, 2.75) is 52.1 Å². The summed E-state index contributed by atoms with van der Waals surface area (Å²) in [6, 6.07) is 9.27. The van der Waals surface area contributed by atoms with Crippen LogP contribution >= 0.6 is 0 Å². The molecule has 3 aliphatic rings. The van der Waals surface area contributed by atoms with E-state index in [4.69, 9.17) is 0 Å². The Kier molecular flexibility index (Phi) is 7.17. The van der Waals surface area contributed by atoms with Gasteiger partial charge < -0.3 is 15.5 Å². The van der Waals surface area contributed by atoms with Gasteiger partial charge in [-0.1, -0.05) is 51.1 Å². The molecule has 9 nitrogen and oxygen atoms in total. The van der Waals surface area contributed by atoms with Crippen molar-refractivity contribution >= 4 is 23.8 Å².